The van der Waals surface area contributed by atoms with Gasteiger partial charge in [0.2, 0.25) is 59.1 Å². The zero-order valence-corrected chi connectivity index (χ0v) is 43.1. The zero-order valence-electron chi connectivity index (χ0n) is 43.1. The molecule has 0 bridgehead atoms. The molecule has 10 amide bonds. The van der Waals surface area contributed by atoms with Crippen molar-refractivity contribution < 1.29 is 67.7 Å². The Morgan fingerprint density at radius 2 is 0.875 bits per heavy atom. The number of nitrogens with two attached hydrogens (primary N) is 4. The minimum atomic E-state index is -1.57. The van der Waals surface area contributed by atoms with Crippen molar-refractivity contribution in [2.75, 3.05) is 6.54 Å². The summed E-state index contributed by atoms with van der Waals surface area (Å²) in [4.78, 5) is 155. The maximum Gasteiger partial charge on any atom is 0.326 e. The van der Waals surface area contributed by atoms with Crippen LogP contribution in [0.4, 0.5) is 0 Å². The lowest BCUT2D eigenvalue weighted by Gasteiger charge is -2.30. The van der Waals surface area contributed by atoms with Crippen molar-refractivity contribution in [2.45, 2.75) is 187 Å². The van der Waals surface area contributed by atoms with Crippen LogP contribution in [0.3, 0.4) is 0 Å². The third-order valence-corrected chi connectivity index (χ3v) is 11.6. The van der Waals surface area contributed by atoms with Gasteiger partial charge in [-0.05, 0) is 82.1 Å². The summed E-state index contributed by atoms with van der Waals surface area (Å²) in [6.45, 7) is 14.7. The number of aliphatic carboxylic acids is 2. The Bertz CT molecular complexity index is 1880. The number of amides is 10. The topological polar surface area (TPSA) is 446 Å². The molecule has 0 fully saturated rings. The lowest BCUT2D eigenvalue weighted by atomic mass is 9.95. The van der Waals surface area contributed by atoms with E-state index in [4.69, 9.17) is 22.9 Å². The van der Waals surface area contributed by atoms with Crippen LogP contribution in [0.15, 0.2) is 0 Å². The molecule has 0 aromatic heterocycles. The summed E-state index contributed by atoms with van der Waals surface area (Å²) in [5, 5.41) is 39.2. The van der Waals surface area contributed by atoms with Crippen molar-refractivity contribution in [1.29, 1.82) is 0 Å². The molecule has 0 heterocycles. The molecule has 26 heteroatoms. The predicted octanol–water partition coefficient (Wildman–Crippen LogP) is -2.77. The number of carbonyl (C=O) groups excluding carboxylic acids is 10. The van der Waals surface area contributed by atoms with E-state index in [1.165, 1.54) is 6.92 Å². The highest BCUT2D eigenvalue weighted by atomic mass is 16.4. The number of primary amides is 2. The minimum absolute atomic E-state index is 0.0401. The molecule has 0 aromatic rings. The summed E-state index contributed by atoms with van der Waals surface area (Å²) in [6.07, 6.45) is -0.791. The first kappa shape index (κ1) is 65.6. The van der Waals surface area contributed by atoms with E-state index < -0.39 is 162 Å². The molecule has 72 heavy (non-hydrogen) atoms. The Labute approximate surface area is 420 Å². The Morgan fingerprint density at radius 1 is 0.458 bits per heavy atom. The average Bonchev–Trinajstić information content (AvgIpc) is 3.28. The molecule has 0 saturated carbocycles. The number of carboxylic acids is 2. The third-order valence-electron chi connectivity index (χ3n) is 11.6. The quantitative estimate of drug-likeness (QED) is 0.0283. The van der Waals surface area contributed by atoms with Crippen LogP contribution in [0.1, 0.15) is 133 Å². The molecular weight excluding hydrogens is 945 g/mol. The van der Waals surface area contributed by atoms with Crippen molar-refractivity contribution in [3.05, 3.63) is 0 Å². The maximum absolute atomic E-state index is 14.1. The van der Waals surface area contributed by atoms with Gasteiger partial charge in [-0.2, -0.15) is 0 Å². The lowest BCUT2D eigenvalue weighted by Crippen LogP contribution is -2.62. The van der Waals surface area contributed by atoms with Crippen molar-refractivity contribution >= 4 is 71.0 Å². The molecule has 10 atom stereocenters. The summed E-state index contributed by atoms with van der Waals surface area (Å²) in [7, 11) is 0. The second-order valence-corrected chi connectivity index (χ2v) is 19.1. The molecule has 26 nitrogen and oxygen atoms in total. The van der Waals surface area contributed by atoms with Gasteiger partial charge in [0, 0.05) is 19.3 Å². The van der Waals surface area contributed by atoms with Crippen molar-refractivity contribution in [1.82, 2.24) is 42.5 Å². The Balaban J connectivity index is 6.51. The van der Waals surface area contributed by atoms with E-state index >= 15 is 0 Å². The fraction of sp³-hybridized carbons (Fsp3) is 0.739. The normalized spacial score (nSPS) is 15.4. The molecule has 0 spiro atoms. The van der Waals surface area contributed by atoms with Gasteiger partial charge in [-0.15, -0.1) is 0 Å². The van der Waals surface area contributed by atoms with E-state index in [9.17, 15) is 67.7 Å². The zero-order chi connectivity index (χ0) is 55.6. The molecular formula is C46H82N12O14. The summed E-state index contributed by atoms with van der Waals surface area (Å²) in [5.74, 6) is -13.0. The number of carbonyl (C=O) groups is 12. The minimum Gasteiger partial charge on any atom is -0.481 e. The van der Waals surface area contributed by atoms with Crippen LogP contribution in [0.5, 0.6) is 0 Å². The Kier molecular flexibility index (Phi) is 30.3. The van der Waals surface area contributed by atoms with Crippen LogP contribution in [0.25, 0.3) is 0 Å². The monoisotopic (exact) mass is 1030 g/mol. The number of unbranched alkanes of at least 4 members (excludes halogenated alkanes) is 1. The van der Waals surface area contributed by atoms with Gasteiger partial charge in [0.25, 0.3) is 0 Å². The Hall–Kier alpha value is -6.44. The molecule has 0 aliphatic carbocycles. The molecule has 0 aliphatic rings. The van der Waals surface area contributed by atoms with Crippen molar-refractivity contribution in [3.8, 4) is 0 Å². The fourth-order valence-corrected chi connectivity index (χ4v) is 6.98. The molecule has 0 unspecified atom stereocenters. The first-order valence-electron chi connectivity index (χ1n) is 24.4. The maximum atomic E-state index is 14.1. The number of nitrogens with one attached hydrogen (secondary N) is 8. The molecule has 0 saturated heterocycles. The van der Waals surface area contributed by atoms with Crippen LogP contribution < -0.4 is 65.5 Å². The van der Waals surface area contributed by atoms with E-state index in [0.717, 1.165) is 0 Å². The molecule has 0 aromatic carbocycles. The van der Waals surface area contributed by atoms with Crippen LogP contribution in [-0.4, -0.2) is 142 Å². The van der Waals surface area contributed by atoms with Gasteiger partial charge in [-0.25, -0.2) is 4.79 Å². The van der Waals surface area contributed by atoms with E-state index in [-0.39, 0.29) is 44.6 Å². The largest absolute Gasteiger partial charge is 0.481 e. The van der Waals surface area contributed by atoms with E-state index in [1.807, 2.05) is 0 Å². The number of hydrogen-bond donors (Lipinski definition) is 14. The Morgan fingerprint density at radius 3 is 1.35 bits per heavy atom. The van der Waals surface area contributed by atoms with E-state index in [1.54, 1.807) is 55.4 Å². The van der Waals surface area contributed by atoms with Crippen LogP contribution in [0.2, 0.25) is 0 Å². The SMILES string of the molecule is CC[C@H](C)[C@H](NC(=O)[C@@H](NC(=O)[C@H](CCC(=O)O)NC(=O)[C@H](C)NC(=O)[C@H](CC(C)C)NC(=O)[C@@H](N)CCC(N)=O)C(C)C)C(=O)N[C@@H](CCC(N)=O)C(=O)N[C@@H](CCCCN)C(=O)N[C@H](C(=O)O)C(C)C. The summed E-state index contributed by atoms with van der Waals surface area (Å²) in [5.41, 5.74) is 22.0. The first-order valence-corrected chi connectivity index (χ1v) is 24.4. The molecule has 0 aliphatic heterocycles. The number of hydrogen-bond acceptors (Lipinski definition) is 14. The van der Waals surface area contributed by atoms with Gasteiger partial charge in [-0.3, -0.25) is 52.7 Å². The smallest absolute Gasteiger partial charge is 0.326 e. The standard InChI is InChI=1S/C46H82N12O14/c1-10-25(8)37(45(70)54-29(15-18-33(50)60)40(65)53-28(13-11-12-20-47)41(66)57-36(24(6)7)46(71)72)58-44(69)35(23(4)5)56-42(67)30(16-19-34(61)62)52-38(63)26(9)51-43(68)31(21-22(2)3)55-39(64)27(48)14-17-32(49)59/h22-31,35-37H,10-21,47-48H2,1-9H3,(H2,49,59)(H2,50,60)(H,51,68)(H,52,63)(H,53,65)(H,54,70)(H,55,64)(H,56,67)(H,57,66)(H,58,69)(H,61,62)(H,71,72)/t25-,26-,27-,28-,29-,30-,31-,35-,36-,37-/m0/s1. The second-order valence-electron chi connectivity index (χ2n) is 19.1. The molecule has 18 N–H and O–H groups in total. The van der Waals surface area contributed by atoms with E-state index in [0.29, 0.717) is 19.3 Å². The van der Waals surface area contributed by atoms with Gasteiger partial charge in [-0.1, -0.05) is 61.8 Å². The van der Waals surface area contributed by atoms with Crippen LogP contribution in [0, 0.1) is 23.7 Å². The van der Waals surface area contributed by atoms with Gasteiger partial charge < -0.3 is 75.7 Å². The predicted molar refractivity (Wildman–Crippen MR) is 262 cm³/mol. The van der Waals surface area contributed by atoms with Crippen LogP contribution in [-0.2, 0) is 57.5 Å². The summed E-state index contributed by atoms with van der Waals surface area (Å²) < 4.78 is 0. The third kappa shape index (κ3) is 25.1. The van der Waals surface area contributed by atoms with Crippen molar-refractivity contribution in [2.24, 2.45) is 46.6 Å². The highest BCUT2D eigenvalue weighted by Crippen LogP contribution is 2.14. The molecule has 0 rings (SSSR count). The first-order chi connectivity index (χ1) is 33.5. The van der Waals surface area contributed by atoms with Crippen LogP contribution >= 0.6 is 0 Å². The number of carboxylic acid groups (broad SMARTS) is 2. The van der Waals surface area contributed by atoms with Gasteiger partial charge >= 0.3 is 11.9 Å². The number of rotatable bonds is 36. The van der Waals surface area contributed by atoms with Crippen molar-refractivity contribution in [3.63, 3.8) is 0 Å². The fourth-order valence-electron chi connectivity index (χ4n) is 6.98. The lowest BCUT2D eigenvalue weighted by molar-refractivity contribution is -0.143. The molecule has 410 valence electrons. The summed E-state index contributed by atoms with van der Waals surface area (Å²) in [6, 6.07) is -12.1. The van der Waals surface area contributed by atoms with Gasteiger partial charge in [0.1, 0.15) is 48.3 Å². The average molecular weight is 1030 g/mol. The second kappa shape index (κ2) is 33.3. The highest BCUT2D eigenvalue weighted by molar-refractivity contribution is 5.98. The van der Waals surface area contributed by atoms with Gasteiger partial charge in [0.15, 0.2) is 0 Å². The molecule has 0 radical (unpaired) electrons. The van der Waals surface area contributed by atoms with E-state index in [2.05, 4.69) is 42.5 Å². The van der Waals surface area contributed by atoms with Gasteiger partial charge in [0.05, 0.1) is 6.04 Å². The summed E-state index contributed by atoms with van der Waals surface area (Å²) >= 11 is 0. The highest BCUT2D eigenvalue weighted by Gasteiger charge is 2.37.